The second kappa shape index (κ2) is 11.1. The smallest absolute Gasteiger partial charge is 0.0713 e. The van der Waals surface area contributed by atoms with Gasteiger partial charge in [-0.3, -0.25) is 0 Å². The number of fused-ring (bicyclic) bond motifs is 5. The molecule has 7 aromatic rings. The molecule has 0 unspecified atom stereocenters. The molecule has 1 heterocycles. The lowest BCUT2D eigenvalue weighted by atomic mass is 9.66. The van der Waals surface area contributed by atoms with Crippen molar-refractivity contribution in [1.82, 2.24) is 0 Å². The Kier molecular flexibility index (Phi) is 6.90. The van der Waals surface area contributed by atoms with Crippen molar-refractivity contribution in [2.45, 2.75) is 67.6 Å². The molecule has 1 aliphatic carbocycles. The van der Waals surface area contributed by atoms with Gasteiger partial charge in [0.2, 0.25) is 0 Å². The molecule has 0 saturated heterocycles. The quantitative estimate of drug-likeness (QED) is 0.181. The van der Waals surface area contributed by atoms with Gasteiger partial charge < -0.3 is 0 Å². The predicted molar refractivity (Wildman–Crippen MR) is 214 cm³/mol. The highest BCUT2D eigenvalue weighted by atomic mass is 32.2. The van der Waals surface area contributed by atoms with Crippen molar-refractivity contribution in [1.29, 1.82) is 0 Å². The van der Waals surface area contributed by atoms with E-state index < -0.39 is 5.41 Å². The maximum atomic E-state index is 2.40. The van der Waals surface area contributed by atoms with E-state index in [4.69, 9.17) is 0 Å². The molecule has 0 atom stereocenters. The van der Waals surface area contributed by atoms with E-state index in [0.29, 0.717) is 0 Å². The second-order valence-corrected chi connectivity index (χ2v) is 17.2. The number of hydrogen-bond donors (Lipinski definition) is 0. The van der Waals surface area contributed by atoms with E-state index in [-0.39, 0.29) is 10.8 Å². The Morgan fingerprint density at radius 2 is 0.940 bits per heavy atom. The van der Waals surface area contributed by atoms with Crippen LogP contribution in [0.1, 0.15) is 74.9 Å². The van der Waals surface area contributed by atoms with Crippen LogP contribution in [0, 0.1) is 0 Å². The van der Waals surface area contributed by atoms with Crippen LogP contribution in [-0.2, 0) is 16.2 Å². The fourth-order valence-corrected chi connectivity index (χ4v) is 9.73. The molecule has 1 aliphatic heterocycles. The summed E-state index contributed by atoms with van der Waals surface area (Å²) in [4.78, 5) is 2.66. The summed E-state index contributed by atoms with van der Waals surface area (Å²) in [5.74, 6) is 0. The molecule has 0 fully saturated rings. The van der Waals surface area contributed by atoms with E-state index in [1.807, 2.05) is 11.8 Å². The van der Waals surface area contributed by atoms with Crippen molar-refractivity contribution >= 4 is 22.5 Å². The fourth-order valence-electron chi connectivity index (χ4n) is 8.60. The first kappa shape index (κ1) is 31.2. The van der Waals surface area contributed by atoms with E-state index in [0.717, 1.165) is 0 Å². The van der Waals surface area contributed by atoms with Gasteiger partial charge >= 0.3 is 0 Å². The SMILES string of the molecule is CC(C)(C)c1ccc(C2(c3ccc(C(C)(C)C)cc3)c3ccccc3-c3c(-c4ccc5c6c(cccc46)-c4ccccc4S5)cccc32)cc1. The zero-order chi connectivity index (χ0) is 34.4. The van der Waals surface area contributed by atoms with E-state index in [1.54, 1.807) is 0 Å². The van der Waals surface area contributed by atoms with Crippen molar-refractivity contribution in [3.8, 4) is 33.4 Å². The number of hydrogen-bond acceptors (Lipinski definition) is 1. The van der Waals surface area contributed by atoms with E-state index in [2.05, 4.69) is 187 Å². The molecule has 0 aromatic heterocycles. The Bertz CT molecular complexity index is 2390. The Morgan fingerprint density at radius 1 is 0.400 bits per heavy atom. The summed E-state index contributed by atoms with van der Waals surface area (Å²) in [6, 6.07) is 55.6. The minimum Gasteiger partial charge on any atom is -0.0888 e. The van der Waals surface area contributed by atoms with Gasteiger partial charge in [0.05, 0.1) is 5.41 Å². The minimum atomic E-state index is -0.462. The summed E-state index contributed by atoms with van der Waals surface area (Å²) in [6.45, 7) is 13.8. The molecular weight excluding hydrogens is 621 g/mol. The summed E-state index contributed by atoms with van der Waals surface area (Å²) in [6.07, 6.45) is 0. The first-order valence-electron chi connectivity index (χ1n) is 17.9. The van der Waals surface area contributed by atoms with Gasteiger partial charge in [-0.2, -0.15) is 0 Å². The standard InChI is InChI=1S/C49H42S/c1-47(2,3)31-21-25-33(26-22-31)49(34-27-23-32(24-28-34)48(4,5)6)41-18-9-7-14-40(41)45-37(17-12-19-42(45)49)35-29-30-44-46-38(35)15-11-16-39(46)36-13-8-10-20-43(36)50-44/h7-30H,1-6H3. The Balaban J connectivity index is 1.35. The molecule has 0 N–H and O–H groups in total. The molecule has 9 rings (SSSR count). The monoisotopic (exact) mass is 662 g/mol. The summed E-state index contributed by atoms with van der Waals surface area (Å²) >= 11 is 1.89. The van der Waals surface area contributed by atoms with Crippen LogP contribution >= 0.6 is 11.8 Å². The summed E-state index contributed by atoms with van der Waals surface area (Å²) in [5, 5.41) is 2.67. The molecule has 1 heteroatoms. The van der Waals surface area contributed by atoms with Gasteiger partial charge in [-0.25, -0.2) is 0 Å². The minimum absolute atomic E-state index is 0.0756. The first-order valence-corrected chi connectivity index (χ1v) is 18.7. The molecule has 0 amide bonds. The van der Waals surface area contributed by atoms with Gasteiger partial charge in [0.1, 0.15) is 0 Å². The van der Waals surface area contributed by atoms with Crippen LogP contribution in [0.4, 0.5) is 0 Å². The van der Waals surface area contributed by atoms with E-state index in [1.165, 1.54) is 87.3 Å². The lowest BCUT2D eigenvalue weighted by molar-refractivity contribution is 0.588. The highest BCUT2D eigenvalue weighted by Crippen LogP contribution is 2.59. The molecular formula is C49H42S. The van der Waals surface area contributed by atoms with Crippen LogP contribution in [0.5, 0.6) is 0 Å². The van der Waals surface area contributed by atoms with Crippen LogP contribution < -0.4 is 0 Å². The molecule has 0 nitrogen and oxygen atoms in total. The first-order chi connectivity index (χ1) is 24.1. The van der Waals surface area contributed by atoms with Crippen LogP contribution in [0.15, 0.2) is 155 Å². The third-order valence-corrected chi connectivity index (χ3v) is 12.3. The Labute approximate surface area is 301 Å². The summed E-state index contributed by atoms with van der Waals surface area (Å²) < 4.78 is 0. The average Bonchev–Trinajstić information content (AvgIpc) is 3.43. The van der Waals surface area contributed by atoms with Crippen molar-refractivity contribution < 1.29 is 0 Å². The normalized spacial score (nSPS) is 14.3. The summed E-state index contributed by atoms with van der Waals surface area (Å²) in [5.41, 5.74) is 15.6. The van der Waals surface area contributed by atoms with Crippen LogP contribution in [0.2, 0.25) is 0 Å². The third kappa shape index (κ3) is 4.53. The van der Waals surface area contributed by atoms with E-state index in [9.17, 15) is 0 Å². The Morgan fingerprint density at radius 3 is 1.60 bits per heavy atom. The maximum Gasteiger partial charge on any atom is 0.0713 e. The highest BCUT2D eigenvalue weighted by Gasteiger charge is 2.47. The van der Waals surface area contributed by atoms with Crippen LogP contribution in [-0.4, -0.2) is 0 Å². The van der Waals surface area contributed by atoms with Gasteiger partial charge in [0.15, 0.2) is 0 Å². The van der Waals surface area contributed by atoms with Crippen molar-refractivity contribution in [3.05, 3.63) is 179 Å². The molecule has 2 aliphatic rings. The number of rotatable bonds is 3. The lowest BCUT2D eigenvalue weighted by Crippen LogP contribution is -2.29. The average molecular weight is 663 g/mol. The number of benzene rings is 7. The molecule has 0 bridgehead atoms. The van der Waals surface area contributed by atoms with Crippen molar-refractivity contribution in [2.75, 3.05) is 0 Å². The maximum absolute atomic E-state index is 2.40. The lowest BCUT2D eigenvalue weighted by Gasteiger charge is -2.35. The van der Waals surface area contributed by atoms with Crippen LogP contribution in [0.3, 0.4) is 0 Å². The summed E-state index contributed by atoms with van der Waals surface area (Å²) in [7, 11) is 0. The molecule has 7 aromatic carbocycles. The topological polar surface area (TPSA) is 0 Å². The van der Waals surface area contributed by atoms with Crippen molar-refractivity contribution in [3.63, 3.8) is 0 Å². The largest absolute Gasteiger partial charge is 0.0888 e. The Hall–Kier alpha value is -4.85. The molecule has 0 spiro atoms. The van der Waals surface area contributed by atoms with Gasteiger partial charge in [-0.15, -0.1) is 0 Å². The third-order valence-electron chi connectivity index (χ3n) is 11.1. The molecule has 50 heavy (non-hydrogen) atoms. The molecule has 244 valence electrons. The predicted octanol–water partition coefficient (Wildman–Crippen LogP) is 13.6. The fraction of sp³-hybridized carbons (Fsp3) is 0.184. The highest BCUT2D eigenvalue weighted by molar-refractivity contribution is 7.99. The van der Waals surface area contributed by atoms with Crippen LogP contribution in [0.25, 0.3) is 44.2 Å². The van der Waals surface area contributed by atoms with Gasteiger partial charge in [0.25, 0.3) is 0 Å². The van der Waals surface area contributed by atoms with Gasteiger partial charge in [-0.1, -0.05) is 187 Å². The molecule has 0 radical (unpaired) electrons. The van der Waals surface area contributed by atoms with Crippen molar-refractivity contribution in [2.24, 2.45) is 0 Å². The second-order valence-electron chi connectivity index (χ2n) is 16.1. The van der Waals surface area contributed by atoms with Gasteiger partial charge in [-0.05, 0) is 95.1 Å². The zero-order valence-electron chi connectivity index (χ0n) is 29.8. The zero-order valence-corrected chi connectivity index (χ0v) is 30.6. The molecule has 0 saturated carbocycles. The van der Waals surface area contributed by atoms with Gasteiger partial charge in [0, 0.05) is 15.2 Å². The van der Waals surface area contributed by atoms with E-state index >= 15 is 0 Å².